The van der Waals surface area contributed by atoms with Gasteiger partial charge in [0.15, 0.2) is 5.82 Å². The van der Waals surface area contributed by atoms with Crippen LogP contribution in [0.3, 0.4) is 0 Å². The molecular weight excluding hydrogens is 358 g/mol. The van der Waals surface area contributed by atoms with E-state index >= 15 is 0 Å². The highest BCUT2D eigenvalue weighted by Gasteiger charge is 2.16. The van der Waals surface area contributed by atoms with E-state index < -0.39 is 0 Å². The number of aromatic nitrogens is 8. The molecule has 0 aliphatic carbocycles. The number of hydrogen-bond donors (Lipinski definition) is 1. The summed E-state index contributed by atoms with van der Waals surface area (Å²) in [6.45, 7) is 4.43. The molecule has 0 aliphatic rings. The standard InChI is InChI=1S/C18H19N9O/c1-12-7-13(2)27(22-12)15-6-4-5-14(8-15)10-25(3)18(28)16-9-17(21-20-16)26-11-19-23-24-26/h4-9,11H,10H2,1-3H3,(H,20,21). The third-order valence-corrected chi connectivity index (χ3v) is 4.31. The lowest BCUT2D eigenvalue weighted by molar-refractivity contribution is 0.0779. The molecule has 0 saturated heterocycles. The molecule has 0 bridgehead atoms. The fourth-order valence-corrected chi connectivity index (χ4v) is 3.03. The summed E-state index contributed by atoms with van der Waals surface area (Å²) < 4.78 is 3.28. The van der Waals surface area contributed by atoms with E-state index in [4.69, 9.17) is 0 Å². The molecule has 1 aromatic carbocycles. The van der Waals surface area contributed by atoms with Crippen molar-refractivity contribution < 1.29 is 4.79 Å². The van der Waals surface area contributed by atoms with Crippen molar-refractivity contribution in [2.24, 2.45) is 0 Å². The zero-order chi connectivity index (χ0) is 19.7. The van der Waals surface area contributed by atoms with E-state index in [9.17, 15) is 4.79 Å². The van der Waals surface area contributed by atoms with Gasteiger partial charge in [0.1, 0.15) is 12.0 Å². The van der Waals surface area contributed by atoms with Crippen LogP contribution in [0.25, 0.3) is 11.5 Å². The molecular formula is C18H19N9O. The number of amides is 1. The number of nitrogens with one attached hydrogen (secondary N) is 1. The molecule has 0 fully saturated rings. The summed E-state index contributed by atoms with van der Waals surface area (Å²) in [5, 5.41) is 22.2. The van der Waals surface area contributed by atoms with Crippen molar-refractivity contribution in [2.45, 2.75) is 20.4 Å². The number of hydrogen-bond acceptors (Lipinski definition) is 6. The third-order valence-electron chi connectivity index (χ3n) is 4.31. The van der Waals surface area contributed by atoms with Crippen LogP contribution in [0.15, 0.2) is 42.7 Å². The van der Waals surface area contributed by atoms with Crippen molar-refractivity contribution in [3.8, 4) is 11.5 Å². The first-order valence-corrected chi connectivity index (χ1v) is 8.68. The predicted molar refractivity (Wildman–Crippen MR) is 100 cm³/mol. The highest BCUT2D eigenvalue weighted by atomic mass is 16.2. The lowest BCUT2D eigenvalue weighted by atomic mass is 10.2. The van der Waals surface area contributed by atoms with Crippen LogP contribution in [0, 0.1) is 13.8 Å². The Morgan fingerprint density at radius 2 is 2.07 bits per heavy atom. The second-order valence-electron chi connectivity index (χ2n) is 6.56. The van der Waals surface area contributed by atoms with Crippen molar-refractivity contribution in [3.63, 3.8) is 0 Å². The number of benzene rings is 1. The SMILES string of the molecule is Cc1cc(C)n(-c2cccc(CN(C)C(=O)c3cc(-n4cnnn4)n[nH]3)c2)n1. The summed E-state index contributed by atoms with van der Waals surface area (Å²) in [4.78, 5) is 14.3. The number of nitrogens with zero attached hydrogens (tertiary/aromatic N) is 8. The first-order valence-electron chi connectivity index (χ1n) is 8.68. The Morgan fingerprint density at radius 1 is 1.21 bits per heavy atom. The van der Waals surface area contributed by atoms with Gasteiger partial charge in [-0.25, -0.2) is 4.68 Å². The van der Waals surface area contributed by atoms with Crippen LogP contribution in [-0.2, 0) is 6.54 Å². The molecule has 0 spiro atoms. The minimum absolute atomic E-state index is 0.177. The summed E-state index contributed by atoms with van der Waals surface area (Å²) in [7, 11) is 1.75. The first kappa shape index (κ1) is 17.6. The number of carbonyl (C=O) groups excluding carboxylic acids is 1. The maximum atomic E-state index is 12.7. The summed E-state index contributed by atoms with van der Waals surface area (Å²) in [6.07, 6.45) is 1.42. The molecule has 10 nitrogen and oxygen atoms in total. The van der Waals surface area contributed by atoms with E-state index in [1.54, 1.807) is 18.0 Å². The Bertz CT molecular complexity index is 1110. The third kappa shape index (κ3) is 3.39. The first-order chi connectivity index (χ1) is 13.5. The van der Waals surface area contributed by atoms with Gasteiger partial charge in [-0.3, -0.25) is 9.89 Å². The molecule has 1 amide bonds. The molecule has 3 heterocycles. The van der Waals surface area contributed by atoms with Gasteiger partial charge in [0.05, 0.1) is 11.4 Å². The number of tetrazole rings is 1. The van der Waals surface area contributed by atoms with Crippen molar-refractivity contribution >= 4 is 5.91 Å². The Morgan fingerprint density at radius 3 is 2.79 bits per heavy atom. The molecule has 28 heavy (non-hydrogen) atoms. The highest BCUT2D eigenvalue weighted by Crippen LogP contribution is 2.16. The van der Waals surface area contributed by atoms with Gasteiger partial charge in [-0.2, -0.15) is 14.9 Å². The lowest BCUT2D eigenvalue weighted by Gasteiger charge is -2.17. The van der Waals surface area contributed by atoms with Crippen molar-refractivity contribution in [1.29, 1.82) is 0 Å². The minimum atomic E-state index is -0.177. The van der Waals surface area contributed by atoms with Crippen LogP contribution in [-0.4, -0.2) is 58.0 Å². The number of aromatic amines is 1. The van der Waals surface area contributed by atoms with E-state index in [1.165, 1.54) is 11.0 Å². The van der Waals surface area contributed by atoms with E-state index in [0.717, 1.165) is 22.6 Å². The van der Waals surface area contributed by atoms with Crippen molar-refractivity contribution in [3.05, 3.63) is 65.4 Å². The summed E-state index contributed by atoms with van der Waals surface area (Å²) in [5.41, 5.74) is 4.36. The number of carbonyl (C=O) groups is 1. The molecule has 0 saturated carbocycles. The smallest absolute Gasteiger partial charge is 0.271 e. The maximum absolute atomic E-state index is 12.7. The summed E-state index contributed by atoms with van der Waals surface area (Å²) in [6, 6.07) is 11.6. The Labute approximate surface area is 160 Å². The molecule has 10 heteroatoms. The number of aryl methyl sites for hydroxylation is 2. The Kier molecular flexibility index (Phi) is 4.44. The van der Waals surface area contributed by atoms with Crippen molar-refractivity contribution in [1.82, 2.24) is 45.1 Å². The number of H-pyrrole nitrogens is 1. The van der Waals surface area contributed by atoms with E-state index in [-0.39, 0.29) is 5.91 Å². The average Bonchev–Trinajstić information content (AvgIpc) is 3.41. The minimum Gasteiger partial charge on any atom is -0.336 e. The van der Waals surface area contributed by atoms with Gasteiger partial charge in [-0.05, 0) is 48.0 Å². The largest absolute Gasteiger partial charge is 0.336 e. The fourth-order valence-electron chi connectivity index (χ4n) is 3.03. The van der Waals surface area contributed by atoms with Gasteiger partial charge >= 0.3 is 0 Å². The Hall–Kier alpha value is -3.82. The molecule has 0 unspecified atom stereocenters. The molecule has 0 radical (unpaired) electrons. The van der Waals surface area contributed by atoms with Crippen molar-refractivity contribution in [2.75, 3.05) is 7.05 Å². The fraction of sp³-hybridized carbons (Fsp3) is 0.222. The summed E-state index contributed by atoms with van der Waals surface area (Å²) in [5.74, 6) is 0.275. The topological polar surface area (TPSA) is 110 Å². The van der Waals surface area contributed by atoms with Gasteiger partial charge in [0, 0.05) is 25.4 Å². The van der Waals surface area contributed by atoms with Crippen LogP contribution >= 0.6 is 0 Å². The molecule has 4 aromatic rings. The molecule has 1 N–H and O–H groups in total. The van der Waals surface area contributed by atoms with E-state index in [0.29, 0.717) is 18.1 Å². The molecule has 142 valence electrons. The predicted octanol–water partition coefficient (Wildman–Crippen LogP) is 1.46. The van der Waals surface area contributed by atoms with Crippen LogP contribution in [0.2, 0.25) is 0 Å². The number of rotatable bonds is 5. The lowest BCUT2D eigenvalue weighted by Crippen LogP contribution is -2.26. The quantitative estimate of drug-likeness (QED) is 0.564. The van der Waals surface area contributed by atoms with E-state index in [1.807, 2.05) is 48.9 Å². The van der Waals surface area contributed by atoms with E-state index in [2.05, 4.69) is 30.8 Å². The van der Waals surface area contributed by atoms with Crippen LogP contribution in [0.4, 0.5) is 0 Å². The van der Waals surface area contributed by atoms with Crippen LogP contribution in [0.5, 0.6) is 0 Å². The van der Waals surface area contributed by atoms with Crippen LogP contribution in [0.1, 0.15) is 27.4 Å². The van der Waals surface area contributed by atoms with Crippen LogP contribution < -0.4 is 0 Å². The highest BCUT2D eigenvalue weighted by molar-refractivity contribution is 5.92. The monoisotopic (exact) mass is 377 g/mol. The Balaban J connectivity index is 1.50. The molecule has 0 aliphatic heterocycles. The van der Waals surface area contributed by atoms with Gasteiger partial charge in [-0.1, -0.05) is 12.1 Å². The molecule has 4 rings (SSSR count). The normalized spacial score (nSPS) is 11.0. The van der Waals surface area contributed by atoms with Gasteiger partial charge < -0.3 is 4.90 Å². The second kappa shape index (κ2) is 7.06. The van der Waals surface area contributed by atoms with Gasteiger partial charge in [0.25, 0.3) is 5.91 Å². The van der Waals surface area contributed by atoms with Gasteiger partial charge in [-0.15, -0.1) is 5.10 Å². The van der Waals surface area contributed by atoms with Gasteiger partial charge in [0.2, 0.25) is 0 Å². The summed E-state index contributed by atoms with van der Waals surface area (Å²) >= 11 is 0. The maximum Gasteiger partial charge on any atom is 0.271 e. The zero-order valence-electron chi connectivity index (χ0n) is 15.7. The molecule has 0 atom stereocenters. The zero-order valence-corrected chi connectivity index (χ0v) is 15.7. The average molecular weight is 377 g/mol. The second-order valence-corrected chi connectivity index (χ2v) is 6.56. The molecule has 3 aromatic heterocycles.